The fraction of sp³-hybridized carbons (Fsp3) is 0.158. The maximum atomic E-state index is 12.3. The SMILES string of the molecule is CC(=COCc1ccc(C(=O)c2ccccc2)cc1)CC=O. The molecular formula is C19H18O3. The van der Waals surface area contributed by atoms with Gasteiger partial charge >= 0.3 is 0 Å². The number of hydrogen-bond acceptors (Lipinski definition) is 3. The lowest BCUT2D eigenvalue weighted by Gasteiger charge is -2.05. The molecule has 3 nitrogen and oxygen atoms in total. The van der Waals surface area contributed by atoms with Crippen LogP contribution in [0.25, 0.3) is 0 Å². The van der Waals surface area contributed by atoms with Gasteiger partial charge in [0.1, 0.15) is 12.9 Å². The van der Waals surface area contributed by atoms with Gasteiger partial charge in [-0.3, -0.25) is 4.79 Å². The van der Waals surface area contributed by atoms with Gasteiger partial charge in [-0.1, -0.05) is 54.6 Å². The molecular weight excluding hydrogens is 276 g/mol. The van der Waals surface area contributed by atoms with E-state index in [0.717, 1.165) is 17.4 Å². The van der Waals surface area contributed by atoms with Crippen molar-refractivity contribution in [3.63, 3.8) is 0 Å². The highest BCUT2D eigenvalue weighted by Crippen LogP contribution is 2.12. The molecule has 0 saturated heterocycles. The molecule has 0 bridgehead atoms. The van der Waals surface area contributed by atoms with Crippen LogP contribution in [0, 0.1) is 0 Å². The van der Waals surface area contributed by atoms with Crippen LogP contribution in [-0.2, 0) is 16.1 Å². The highest BCUT2D eigenvalue weighted by atomic mass is 16.5. The Morgan fingerprint density at radius 1 is 1.00 bits per heavy atom. The Labute approximate surface area is 130 Å². The summed E-state index contributed by atoms with van der Waals surface area (Å²) in [4.78, 5) is 22.6. The summed E-state index contributed by atoms with van der Waals surface area (Å²) in [5.41, 5.74) is 3.19. The minimum absolute atomic E-state index is 0.00907. The van der Waals surface area contributed by atoms with Crippen molar-refractivity contribution in [2.75, 3.05) is 0 Å². The number of carbonyl (C=O) groups excluding carboxylic acids is 2. The van der Waals surface area contributed by atoms with Crippen molar-refractivity contribution < 1.29 is 14.3 Å². The van der Waals surface area contributed by atoms with E-state index >= 15 is 0 Å². The first-order chi connectivity index (χ1) is 10.7. The summed E-state index contributed by atoms with van der Waals surface area (Å²) in [5, 5.41) is 0. The lowest BCUT2D eigenvalue weighted by molar-refractivity contribution is -0.107. The van der Waals surface area contributed by atoms with Gasteiger partial charge in [-0.2, -0.15) is 0 Å². The molecule has 0 atom stereocenters. The predicted molar refractivity (Wildman–Crippen MR) is 85.5 cm³/mol. The maximum absolute atomic E-state index is 12.3. The van der Waals surface area contributed by atoms with Crippen molar-refractivity contribution in [2.24, 2.45) is 0 Å². The molecule has 0 fully saturated rings. The van der Waals surface area contributed by atoms with Crippen LogP contribution < -0.4 is 0 Å². The molecule has 0 aliphatic rings. The van der Waals surface area contributed by atoms with Crippen molar-refractivity contribution in [3.05, 3.63) is 83.1 Å². The van der Waals surface area contributed by atoms with Crippen LogP contribution in [-0.4, -0.2) is 12.1 Å². The molecule has 0 aliphatic carbocycles. The summed E-state index contributed by atoms with van der Waals surface area (Å²) in [7, 11) is 0. The topological polar surface area (TPSA) is 43.4 Å². The quantitative estimate of drug-likeness (QED) is 0.441. The standard InChI is InChI=1S/C19H18O3/c1-15(11-12-20)13-22-14-16-7-9-18(10-8-16)19(21)17-5-3-2-4-6-17/h2-10,12-13H,11,14H2,1H3. The molecule has 0 spiro atoms. The van der Waals surface area contributed by atoms with Crippen molar-refractivity contribution in [1.29, 1.82) is 0 Å². The lowest BCUT2D eigenvalue weighted by Crippen LogP contribution is -2.01. The Hall–Kier alpha value is -2.68. The number of benzene rings is 2. The molecule has 2 aromatic carbocycles. The summed E-state index contributed by atoms with van der Waals surface area (Å²) in [6.45, 7) is 2.26. The zero-order chi connectivity index (χ0) is 15.8. The Balaban J connectivity index is 1.97. The van der Waals surface area contributed by atoms with E-state index in [4.69, 9.17) is 4.74 Å². The zero-order valence-corrected chi connectivity index (χ0v) is 12.5. The first-order valence-corrected chi connectivity index (χ1v) is 7.10. The summed E-state index contributed by atoms with van der Waals surface area (Å²) < 4.78 is 5.41. The summed E-state index contributed by atoms with van der Waals surface area (Å²) in [6, 6.07) is 16.5. The molecule has 0 aromatic heterocycles. The molecule has 0 aliphatic heterocycles. The Bertz CT molecular complexity index is 655. The van der Waals surface area contributed by atoms with Gasteiger partial charge in [0.05, 0.1) is 6.26 Å². The second-order valence-electron chi connectivity index (χ2n) is 5.04. The van der Waals surface area contributed by atoms with Crippen LogP contribution in [0.15, 0.2) is 66.4 Å². The molecule has 2 aromatic rings. The van der Waals surface area contributed by atoms with Gasteiger partial charge in [0, 0.05) is 17.5 Å². The Morgan fingerprint density at radius 2 is 1.64 bits per heavy atom. The van der Waals surface area contributed by atoms with Gasteiger partial charge in [0.15, 0.2) is 5.78 Å². The first kappa shape index (κ1) is 15.7. The van der Waals surface area contributed by atoms with Gasteiger partial charge in [0.25, 0.3) is 0 Å². The van der Waals surface area contributed by atoms with E-state index in [2.05, 4.69) is 0 Å². The van der Waals surface area contributed by atoms with E-state index in [1.807, 2.05) is 37.3 Å². The van der Waals surface area contributed by atoms with Crippen molar-refractivity contribution >= 4 is 12.1 Å². The molecule has 3 heteroatoms. The highest BCUT2D eigenvalue weighted by molar-refractivity contribution is 6.08. The molecule has 2 rings (SSSR count). The molecule has 0 unspecified atom stereocenters. The first-order valence-electron chi connectivity index (χ1n) is 7.10. The van der Waals surface area contributed by atoms with E-state index in [-0.39, 0.29) is 5.78 Å². The minimum Gasteiger partial charge on any atom is -0.497 e. The molecule has 0 heterocycles. The number of ether oxygens (including phenoxy) is 1. The van der Waals surface area contributed by atoms with Crippen LogP contribution >= 0.6 is 0 Å². The van der Waals surface area contributed by atoms with Gasteiger partial charge in [0.2, 0.25) is 0 Å². The highest BCUT2D eigenvalue weighted by Gasteiger charge is 2.07. The Kier molecular flexibility index (Phi) is 5.66. The van der Waals surface area contributed by atoms with Gasteiger partial charge in [-0.15, -0.1) is 0 Å². The third kappa shape index (κ3) is 4.42. The van der Waals surface area contributed by atoms with Crippen LogP contribution in [0.4, 0.5) is 0 Å². The number of allylic oxidation sites excluding steroid dienone is 1. The smallest absolute Gasteiger partial charge is 0.193 e. The molecule has 0 saturated carbocycles. The van der Waals surface area contributed by atoms with Crippen molar-refractivity contribution in [1.82, 2.24) is 0 Å². The number of ketones is 1. The van der Waals surface area contributed by atoms with Crippen LogP contribution in [0.5, 0.6) is 0 Å². The number of rotatable bonds is 7. The third-order valence-electron chi connectivity index (χ3n) is 3.19. The largest absolute Gasteiger partial charge is 0.497 e. The van der Waals surface area contributed by atoms with E-state index in [1.165, 1.54) is 0 Å². The monoisotopic (exact) mass is 294 g/mol. The van der Waals surface area contributed by atoms with Crippen LogP contribution in [0.1, 0.15) is 34.8 Å². The van der Waals surface area contributed by atoms with E-state index < -0.39 is 0 Å². The summed E-state index contributed by atoms with van der Waals surface area (Å²) >= 11 is 0. The van der Waals surface area contributed by atoms with Crippen molar-refractivity contribution in [2.45, 2.75) is 20.0 Å². The zero-order valence-electron chi connectivity index (χ0n) is 12.5. The second-order valence-corrected chi connectivity index (χ2v) is 5.04. The third-order valence-corrected chi connectivity index (χ3v) is 3.19. The summed E-state index contributed by atoms with van der Waals surface area (Å²) in [5.74, 6) is 0.00907. The normalized spacial score (nSPS) is 11.0. The predicted octanol–water partition coefficient (Wildman–Crippen LogP) is 3.93. The van der Waals surface area contributed by atoms with Crippen LogP contribution in [0.3, 0.4) is 0 Å². The molecule has 0 radical (unpaired) electrons. The molecule has 112 valence electrons. The minimum atomic E-state index is 0.00907. The second kappa shape index (κ2) is 7.93. The fourth-order valence-corrected chi connectivity index (χ4v) is 1.97. The van der Waals surface area contributed by atoms with Crippen LogP contribution in [0.2, 0.25) is 0 Å². The number of hydrogen-bond donors (Lipinski definition) is 0. The van der Waals surface area contributed by atoms with Gasteiger partial charge in [-0.05, 0) is 18.1 Å². The van der Waals surface area contributed by atoms with Gasteiger partial charge in [-0.25, -0.2) is 0 Å². The van der Waals surface area contributed by atoms with E-state index in [0.29, 0.717) is 24.2 Å². The maximum Gasteiger partial charge on any atom is 0.193 e. The van der Waals surface area contributed by atoms with E-state index in [9.17, 15) is 9.59 Å². The number of carbonyl (C=O) groups is 2. The summed E-state index contributed by atoms with van der Waals surface area (Å²) in [6.07, 6.45) is 2.82. The molecule has 0 N–H and O–H groups in total. The average molecular weight is 294 g/mol. The van der Waals surface area contributed by atoms with Gasteiger partial charge < -0.3 is 9.53 Å². The van der Waals surface area contributed by atoms with Crippen molar-refractivity contribution in [3.8, 4) is 0 Å². The average Bonchev–Trinajstić information content (AvgIpc) is 2.56. The molecule has 22 heavy (non-hydrogen) atoms. The number of aldehydes is 1. The van der Waals surface area contributed by atoms with E-state index in [1.54, 1.807) is 30.5 Å². The fourth-order valence-electron chi connectivity index (χ4n) is 1.97. The Morgan fingerprint density at radius 3 is 2.27 bits per heavy atom. The lowest BCUT2D eigenvalue weighted by atomic mass is 10.0. The molecule has 0 amide bonds.